The van der Waals surface area contributed by atoms with Gasteiger partial charge >= 0.3 is 0 Å². The summed E-state index contributed by atoms with van der Waals surface area (Å²) in [5.41, 5.74) is 18.0. The number of amides is 2. The van der Waals surface area contributed by atoms with Crippen molar-refractivity contribution in [1.82, 2.24) is 10.3 Å². The largest absolute Gasteiger partial charge is 0.370 e. The number of aliphatic imine (C=N–C) groups is 1. The van der Waals surface area contributed by atoms with Crippen molar-refractivity contribution in [3.8, 4) is 0 Å². The second-order valence-corrected chi connectivity index (χ2v) is 15.0. The molecule has 0 saturated heterocycles. The number of hydrogen-bond acceptors (Lipinski definition) is 5. The Balaban J connectivity index is 2.07. The topological polar surface area (TPSA) is 187 Å². The van der Waals surface area contributed by atoms with E-state index >= 15 is 0 Å². The molecule has 0 radical (unpaired) electrons. The number of benzene rings is 1. The molecule has 0 saturated carbocycles. The van der Waals surface area contributed by atoms with Crippen LogP contribution in [0.3, 0.4) is 0 Å². The molecule has 0 spiro atoms. The van der Waals surface area contributed by atoms with Crippen molar-refractivity contribution >= 4 is 40.2 Å². The highest BCUT2D eigenvalue weighted by atomic mass is 19.1. The molecule has 0 bridgehead atoms. The summed E-state index contributed by atoms with van der Waals surface area (Å²) in [6.07, 6.45) is 19.0. The Bertz CT molecular complexity index is 1400. The van der Waals surface area contributed by atoms with Gasteiger partial charge < -0.3 is 27.5 Å². The van der Waals surface area contributed by atoms with Crippen molar-refractivity contribution in [2.24, 2.45) is 39.9 Å². The van der Waals surface area contributed by atoms with Crippen LogP contribution in [0.1, 0.15) is 148 Å². The second-order valence-electron chi connectivity index (χ2n) is 15.0. The Morgan fingerprint density at radius 1 is 0.827 bits per heavy atom. The van der Waals surface area contributed by atoms with E-state index < -0.39 is 35.5 Å². The first-order chi connectivity index (χ1) is 24.9. The lowest BCUT2D eigenvalue weighted by atomic mass is 9.88. The summed E-state index contributed by atoms with van der Waals surface area (Å²) in [6.45, 7) is 6.40. The van der Waals surface area contributed by atoms with E-state index in [9.17, 15) is 23.6 Å². The van der Waals surface area contributed by atoms with E-state index in [0.717, 1.165) is 24.8 Å². The summed E-state index contributed by atoms with van der Waals surface area (Å²) in [7, 11) is 0. The van der Waals surface area contributed by atoms with Crippen LogP contribution in [0.2, 0.25) is 0 Å². The Hall–Kier alpha value is -3.76. The molecule has 2 amide bonds. The van der Waals surface area contributed by atoms with Crippen LogP contribution in [-0.4, -0.2) is 46.9 Å². The first-order valence-electron chi connectivity index (χ1n) is 19.9. The molecule has 1 aromatic carbocycles. The summed E-state index contributed by atoms with van der Waals surface area (Å²) in [5.74, 6) is -3.11. The number of nitrogens with zero attached hydrogens (tertiary/aromatic N) is 1. The lowest BCUT2D eigenvalue weighted by Crippen LogP contribution is -2.45. The van der Waals surface area contributed by atoms with Crippen LogP contribution in [0.25, 0.3) is 10.9 Å². The standard InChI is InChI=1S/C41H67FN6O4/c1-4-5-6-7-8-9-10-11-12-13-14-15-16-18-34(49)25-31(24-32-28-47-36-21-20-33(42)27-35(32)36)40(52)48-37(19-17-22-46-41(44)45)38(50)26-30(39(43)51)23-29(2)3/h20-21,27-31,37,47H,4-19,22-26H2,1-3H3,(H2,43,51)(H,48,52)(H4,44,45,46)/t30-,31+,37+/m1/s1. The van der Waals surface area contributed by atoms with Gasteiger partial charge in [-0.05, 0) is 61.8 Å². The van der Waals surface area contributed by atoms with E-state index in [1.54, 1.807) is 12.3 Å². The van der Waals surface area contributed by atoms with Gasteiger partial charge in [0.15, 0.2) is 11.7 Å². The number of unbranched alkanes of at least 4 members (excludes halogenated alkanes) is 12. The normalized spacial score (nSPS) is 13.2. The van der Waals surface area contributed by atoms with Gasteiger partial charge in [-0.1, -0.05) is 97.8 Å². The fraction of sp³-hybridized carbons (Fsp3) is 0.683. The third kappa shape index (κ3) is 18.1. The fourth-order valence-electron chi connectivity index (χ4n) is 6.92. The minimum atomic E-state index is -0.921. The highest BCUT2D eigenvalue weighted by Crippen LogP contribution is 2.25. The molecule has 52 heavy (non-hydrogen) atoms. The van der Waals surface area contributed by atoms with E-state index in [0.29, 0.717) is 30.2 Å². The molecule has 0 aliphatic carbocycles. The summed E-state index contributed by atoms with van der Waals surface area (Å²) >= 11 is 0. The minimum absolute atomic E-state index is 0.00174. The van der Waals surface area contributed by atoms with E-state index in [1.165, 1.54) is 76.3 Å². The van der Waals surface area contributed by atoms with Gasteiger partial charge in [0.25, 0.3) is 0 Å². The summed E-state index contributed by atoms with van der Waals surface area (Å²) < 4.78 is 14.2. The third-order valence-corrected chi connectivity index (χ3v) is 9.86. The number of ketones is 2. The number of guanidine groups is 1. The summed E-state index contributed by atoms with van der Waals surface area (Å²) in [5, 5.41) is 3.55. The summed E-state index contributed by atoms with van der Waals surface area (Å²) in [4.78, 5) is 60.2. The maximum absolute atomic E-state index is 14.2. The number of Topliss-reactive ketones (excluding diaryl/α,β-unsaturated/α-hetero) is 2. The molecule has 1 aromatic heterocycles. The van der Waals surface area contributed by atoms with Gasteiger partial charge in [-0.2, -0.15) is 0 Å². The number of H-pyrrole nitrogens is 1. The van der Waals surface area contributed by atoms with Crippen LogP contribution in [0.5, 0.6) is 0 Å². The van der Waals surface area contributed by atoms with E-state index in [4.69, 9.17) is 17.2 Å². The van der Waals surface area contributed by atoms with Crippen LogP contribution >= 0.6 is 0 Å². The number of carbonyl (C=O) groups is 4. The number of rotatable bonds is 30. The number of halogens is 1. The second kappa shape index (κ2) is 25.3. The molecule has 0 aliphatic rings. The maximum atomic E-state index is 14.2. The lowest BCUT2D eigenvalue weighted by Gasteiger charge is -2.24. The van der Waals surface area contributed by atoms with Gasteiger partial charge in [-0.3, -0.25) is 24.2 Å². The van der Waals surface area contributed by atoms with Gasteiger partial charge in [-0.25, -0.2) is 4.39 Å². The molecule has 1 heterocycles. The first kappa shape index (κ1) is 44.4. The molecule has 292 valence electrons. The van der Waals surface area contributed by atoms with Crippen molar-refractivity contribution < 1.29 is 23.6 Å². The molecule has 0 unspecified atom stereocenters. The SMILES string of the molecule is CCCCCCCCCCCCCCCC(=O)C[C@H](Cc1c[nH]c2ccc(F)cc12)C(=O)N[C@@H](CCCN=C(N)N)C(=O)C[C@@H](CC(C)C)C(N)=O. The molecule has 11 heteroatoms. The summed E-state index contributed by atoms with van der Waals surface area (Å²) in [6, 6.07) is 3.50. The minimum Gasteiger partial charge on any atom is -0.370 e. The molecule has 3 atom stereocenters. The van der Waals surface area contributed by atoms with Crippen molar-refractivity contribution in [3.63, 3.8) is 0 Å². The molecule has 0 fully saturated rings. The van der Waals surface area contributed by atoms with Crippen LogP contribution in [0, 0.1) is 23.6 Å². The molecule has 2 rings (SSSR count). The predicted molar refractivity (Wildman–Crippen MR) is 209 cm³/mol. The molecular weight excluding hydrogens is 659 g/mol. The Morgan fingerprint density at radius 2 is 1.44 bits per heavy atom. The van der Waals surface area contributed by atoms with Gasteiger partial charge in [0.1, 0.15) is 11.6 Å². The smallest absolute Gasteiger partial charge is 0.224 e. The monoisotopic (exact) mass is 727 g/mol. The zero-order valence-electron chi connectivity index (χ0n) is 32.2. The fourth-order valence-corrected chi connectivity index (χ4v) is 6.92. The average molecular weight is 727 g/mol. The number of nitrogens with two attached hydrogens (primary N) is 3. The number of aromatic amines is 1. The lowest BCUT2D eigenvalue weighted by molar-refractivity contribution is -0.133. The maximum Gasteiger partial charge on any atom is 0.224 e. The Kier molecular flexibility index (Phi) is 21.6. The quantitative estimate of drug-likeness (QED) is 0.0314. The van der Waals surface area contributed by atoms with Crippen LogP contribution in [0.4, 0.5) is 4.39 Å². The number of fused-ring (bicyclic) bond motifs is 1. The first-order valence-corrected chi connectivity index (χ1v) is 19.9. The van der Waals surface area contributed by atoms with Crippen LogP contribution in [-0.2, 0) is 25.6 Å². The highest BCUT2D eigenvalue weighted by Gasteiger charge is 2.30. The van der Waals surface area contributed by atoms with E-state index in [2.05, 4.69) is 22.2 Å². The highest BCUT2D eigenvalue weighted by molar-refractivity contribution is 5.94. The van der Waals surface area contributed by atoms with Gasteiger partial charge in [0.05, 0.1) is 6.04 Å². The van der Waals surface area contributed by atoms with Gasteiger partial charge in [0.2, 0.25) is 11.8 Å². The van der Waals surface area contributed by atoms with Crippen molar-refractivity contribution in [3.05, 3.63) is 35.8 Å². The zero-order valence-corrected chi connectivity index (χ0v) is 32.2. The number of primary amides is 1. The molecule has 2 aromatic rings. The van der Waals surface area contributed by atoms with Crippen molar-refractivity contribution in [2.45, 2.75) is 155 Å². The number of aromatic nitrogens is 1. The third-order valence-electron chi connectivity index (χ3n) is 9.86. The molecule has 0 aliphatic heterocycles. The predicted octanol–water partition coefficient (Wildman–Crippen LogP) is 7.55. The average Bonchev–Trinajstić information content (AvgIpc) is 3.48. The Morgan fingerprint density at radius 3 is 2.02 bits per heavy atom. The van der Waals surface area contributed by atoms with Crippen molar-refractivity contribution in [2.75, 3.05) is 6.54 Å². The van der Waals surface area contributed by atoms with Gasteiger partial charge in [-0.15, -0.1) is 0 Å². The number of nitrogens with one attached hydrogen (secondary N) is 2. The van der Waals surface area contributed by atoms with Crippen LogP contribution < -0.4 is 22.5 Å². The molecule has 8 N–H and O–H groups in total. The van der Waals surface area contributed by atoms with Crippen molar-refractivity contribution in [1.29, 1.82) is 0 Å². The molecule has 10 nitrogen and oxygen atoms in total. The zero-order chi connectivity index (χ0) is 38.3. The Labute approximate surface area is 311 Å². The van der Waals surface area contributed by atoms with Crippen LogP contribution in [0.15, 0.2) is 29.4 Å². The number of hydrogen-bond donors (Lipinski definition) is 5. The number of carbonyl (C=O) groups excluding carboxylic acids is 4. The van der Waals surface area contributed by atoms with Gasteiger partial charge in [0, 0.05) is 54.7 Å². The van der Waals surface area contributed by atoms with E-state index in [1.807, 2.05) is 13.8 Å². The van der Waals surface area contributed by atoms with E-state index in [-0.39, 0.29) is 55.7 Å². The molecular formula is C41H67FN6O4.